The van der Waals surface area contributed by atoms with Gasteiger partial charge in [0.2, 0.25) is 10.3 Å². The van der Waals surface area contributed by atoms with Gasteiger partial charge in [-0.25, -0.2) is 0 Å². The summed E-state index contributed by atoms with van der Waals surface area (Å²) < 4.78 is 62.3. The highest BCUT2D eigenvalue weighted by Crippen LogP contribution is 2.38. The number of hydrogen-bond donors (Lipinski definition) is 2. The van der Waals surface area contributed by atoms with E-state index in [0.29, 0.717) is 0 Å². The van der Waals surface area contributed by atoms with Crippen LogP contribution in [0.2, 0.25) is 5.02 Å². The first-order chi connectivity index (χ1) is 8.00. The van der Waals surface area contributed by atoms with E-state index in [9.17, 15) is 16.8 Å². The first-order valence-electron chi connectivity index (χ1n) is 4.13. The van der Waals surface area contributed by atoms with Crippen molar-refractivity contribution >= 4 is 37.5 Å². The SMILES string of the molecule is Cc1cc([N+]#N)c(S(=O)(=O)O)c(S(=O)(=O)O)c1Cl. The van der Waals surface area contributed by atoms with Crippen LogP contribution in [0.1, 0.15) is 5.56 Å². The molecule has 0 spiro atoms. The van der Waals surface area contributed by atoms with E-state index in [1.54, 1.807) is 0 Å². The molecule has 0 aliphatic carbocycles. The fourth-order valence-electron chi connectivity index (χ4n) is 1.28. The Bertz CT molecular complexity index is 762. The summed E-state index contributed by atoms with van der Waals surface area (Å²) in [6.07, 6.45) is 0. The van der Waals surface area contributed by atoms with Crippen molar-refractivity contribution in [2.24, 2.45) is 0 Å². The zero-order valence-electron chi connectivity index (χ0n) is 8.69. The Balaban J connectivity index is 4.14. The van der Waals surface area contributed by atoms with E-state index >= 15 is 0 Å². The number of nitrogens with zero attached hydrogens (tertiary/aromatic N) is 2. The number of hydrogen-bond acceptors (Lipinski definition) is 5. The summed E-state index contributed by atoms with van der Waals surface area (Å²) in [6.45, 7) is 1.29. The molecule has 18 heavy (non-hydrogen) atoms. The van der Waals surface area contributed by atoms with Gasteiger partial charge >= 0.3 is 15.8 Å². The molecule has 98 valence electrons. The summed E-state index contributed by atoms with van der Waals surface area (Å²) in [6, 6.07) is 0.931. The summed E-state index contributed by atoms with van der Waals surface area (Å²) in [4.78, 5) is 0.0143. The van der Waals surface area contributed by atoms with Gasteiger partial charge in [0.1, 0.15) is 4.90 Å². The molecule has 0 aromatic heterocycles. The molecular formula is C7H6ClN2O6S2+. The summed E-state index contributed by atoms with van der Waals surface area (Å²) in [7, 11) is -10.1. The van der Waals surface area contributed by atoms with Crippen molar-refractivity contribution in [3.8, 4) is 0 Å². The van der Waals surface area contributed by atoms with Crippen molar-refractivity contribution in [1.29, 1.82) is 5.39 Å². The van der Waals surface area contributed by atoms with Gasteiger partial charge in [-0.3, -0.25) is 9.11 Å². The molecule has 0 atom stereocenters. The minimum Gasteiger partial charge on any atom is -0.282 e. The fraction of sp³-hybridized carbons (Fsp3) is 0.143. The van der Waals surface area contributed by atoms with E-state index in [1.807, 2.05) is 0 Å². The lowest BCUT2D eigenvalue weighted by atomic mass is 10.2. The quantitative estimate of drug-likeness (QED) is 0.625. The third-order valence-electron chi connectivity index (χ3n) is 1.96. The molecule has 0 unspecified atom stereocenters. The highest BCUT2D eigenvalue weighted by atomic mass is 35.5. The molecule has 0 amide bonds. The first-order valence-corrected chi connectivity index (χ1v) is 7.39. The molecule has 0 heterocycles. The lowest BCUT2D eigenvalue weighted by Gasteiger charge is -2.06. The van der Waals surface area contributed by atoms with Crippen LogP contribution in [-0.4, -0.2) is 25.9 Å². The van der Waals surface area contributed by atoms with Gasteiger partial charge in [-0.1, -0.05) is 11.6 Å². The predicted molar refractivity (Wildman–Crippen MR) is 60.6 cm³/mol. The van der Waals surface area contributed by atoms with E-state index in [1.165, 1.54) is 6.92 Å². The Morgan fingerprint density at radius 2 is 1.61 bits per heavy atom. The molecule has 0 saturated heterocycles. The molecule has 0 aliphatic heterocycles. The zero-order chi connectivity index (χ0) is 14.3. The largest absolute Gasteiger partial charge is 0.407 e. The van der Waals surface area contributed by atoms with Crippen LogP contribution in [-0.2, 0) is 20.2 Å². The number of halogens is 1. The van der Waals surface area contributed by atoms with Crippen LogP contribution < -0.4 is 0 Å². The highest BCUT2D eigenvalue weighted by Gasteiger charge is 2.37. The molecule has 0 bridgehead atoms. The fourth-order valence-corrected chi connectivity index (χ4v) is 3.84. The van der Waals surface area contributed by atoms with E-state index in [2.05, 4.69) is 4.98 Å². The number of aryl methyl sites for hydroxylation is 1. The summed E-state index contributed by atoms with van der Waals surface area (Å²) in [5.74, 6) is 0. The number of diazo groups is 1. The van der Waals surface area contributed by atoms with E-state index in [4.69, 9.17) is 26.1 Å². The number of rotatable bonds is 2. The van der Waals surface area contributed by atoms with Gasteiger partial charge in [0.05, 0.1) is 5.02 Å². The van der Waals surface area contributed by atoms with Gasteiger partial charge in [-0.15, -0.1) is 0 Å². The van der Waals surface area contributed by atoms with Gasteiger partial charge in [0.15, 0.2) is 4.98 Å². The van der Waals surface area contributed by atoms with Gasteiger partial charge in [0, 0.05) is 6.07 Å². The third kappa shape index (κ3) is 2.60. The second-order valence-electron chi connectivity index (χ2n) is 3.23. The molecule has 11 heteroatoms. The summed E-state index contributed by atoms with van der Waals surface area (Å²) >= 11 is 5.58. The van der Waals surface area contributed by atoms with Gasteiger partial charge < -0.3 is 0 Å². The average molecular weight is 314 g/mol. The molecule has 0 fully saturated rings. The molecule has 1 aromatic carbocycles. The van der Waals surface area contributed by atoms with Crippen LogP contribution in [0.5, 0.6) is 0 Å². The lowest BCUT2D eigenvalue weighted by Crippen LogP contribution is -2.10. The number of benzene rings is 1. The van der Waals surface area contributed by atoms with Crippen LogP contribution in [0.3, 0.4) is 0 Å². The van der Waals surface area contributed by atoms with Crippen molar-refractivity contribution in [2.75, 3.05) is 0 Å². The maximum atomic E-state index is 11.1. The van der Waals surface area contributed by atoms with Crippen molar-refractivity contribution in [2.45, 2.75) is 16.7 Å². The summed E-state index contributed by atoms with van der Waals surface area (Å²) in [5.41, 5.74) is -0.725. The van der Waals surface area contributed by atoms with Crippen molar-refractivity contribution < 1.29 is 25.9 Å². The Hall–Kier alpha value is -1.25. The van der Waals surface area contributed by atoms with Crippen molar-refractivity contribution in [1.82, 2.24) is 0 Å². The Labute approximate surface area is 107 Å². The minimum atomic E-state index is -5.08. The van der Waals surface area contributed by atoms with E-state index in [0.717, 1.165) is 6.07 Å². The topological polar surface area (TPSA) is 137 Å². The molecule has 1 aromatic rings. The normalized spacial score (nSPS) is 12.2. The van der Waals surface area contributed by atoms with Gasteiger partial charge in [-0.05, 0) is 12.5 Å². The Kier molecular flexibility index (Phi) is 3.66. The molecule has 0 radical (unpaired) electrons. The van der Waals surface area contributed by atoms with Crippen LogP contribution >= 0.6 is 11.6 Å². The van der Waals surface area contributed by atoms with Crippen molar-refractivity contribution in [3.05, 3.63) is 21.6 Å². The highest BCUT2D eigenvalue weighted by molar-refractivity contribution is 7.89. The molecule has 8 nitrogen and oxygen atoms in total. The molecular weight excluding hydrogens is 308 g/mol. The summed E-state index contributed by atoms with van der Waals surface area (Å²) in [5, 5.41) is 8.02. The van der Waals surface area contributed by atoms with Gasteiger partial charge in [-0.2, -0.15) is 16.8 Å². The first kappa shape index (κ1) is 14.8. The second-order valence-corrected chi connectivity index (χ2v) is 6.33. The Morgan fingerprint density at radius 3 is 1.94 bits per heavy atom. The second kappa shape index (κ2) is 4.45. The van der Waals surface area contributed by atoms with E-state index in [-0.39, 0.29) is 5.56 Å². The van der Waals surface area contributed by atoms with Crippen LogP contribution in [0.15, 0.2) is 15.9 Å². The predicted octanol–water partition coefficient (Wildman–Crippen LogP) is 1.63. The molecule has 2 N–H and O–H groups in total. The molecule has 0 saturated carbocycles. The zero-order valence-corrected chi connectivity index (χ0v) is 11.1. The smallest absolute Gasteiger partial charge is 0.282 e. The lowest BCUT2D eigenvalue weighted by molar-refractivity contribution is 0.467. The van der Waals surface area contributed by atoms with Gasteiger partial charge in [0.25, 0.3) is 10.1 Å². The minimum absolute atomic E-state index is 0.0319. The van der Waals surface area contributed by atoms with E-state index < -0.39 is 40.7 Å². The average Bonchev–Trinajstić information content (AvgIpc) is 2.17. The maximum absolute atomic E-state index is 11.1. The monoisotopic (exact) mass is 313 g/mol. The molecule has 0 aliphatic rings. The Morgan fingerprint density at radius 1 is 1.17 bits per heavy atom. The van der Waals surface area contributed by atoms with Crippen LogP contribution in [0, 0.1) is 12.3 Å². The molecule has 1 rings (SSSR count). The van der Waals surface area contributed by atoms with Crippen LogP contribution in [0.4, 0.5) is 5.69 Å². The standard InChI is InChI=1S/C7H5ClN2O6S2/c1-3-2-4(10-9)6(17(11,12)13)7(5(3)8)18(14,15)16/h2H,1H3,(H-,11,12,13,14,15,16)/p+1. The third-order valence-corrected chi connectivity index (χ3v) is 4.54. The van der Waals surface area contributed by atoms with Crippen LogP contribution in [0.25, 0.3) is 4.98 Å². The maximum Gasteiger partial charge on any atom is 0.407 e. The van der Waals surface area contributed by atoms with Crippen molar-refractivity contribution in [3.63, 3.8) is 0 Å².